The number of carbonyl (C=O) groups excluding carboxylic acids is 1. The van der Waals surface area contributed by atoms with Gasteiger partial charge in [0.1, 0.15) is 10.7 Å². The first-order valence-corrected chi connectivity index (χ1v) is 8.43. The Balaban J connectivity index is 2.13. The summed E-state index contributed by atoms with van der Waals surface area (Å²) in [5.74, 6) is -1.38. The third-order valence-corrected chi connectivity index (χ3v) is 5.21. The van der Waals surface area contributed by atoms with Gasteiger partial charge in [0.2, 0.25) is 10.0 Å². The standard InChI is InChI=1S/C14H19FN2O3S/c1-2-14(6-3-7-14)9-17-13(18)10-4-5-11(15)12(8-10)21(16,19)20/h4-5,8H,2-3,6-7,9H2,1H3,(H,17,18)(H2,16,19,20). The summed E-state index contributed by atoms with van der Waals surface area (Å²) in [5, 5.41) is 7.72. The van der Waals surface area contributed by atoms with Gasteiger partial charge in [-0.3, -0.25) is 4.79 Å². The molecule has 0 spiro atoms. The number of hydrogen-bond acceptors (Lipinski definition) is 3. The predicted molar refractivity (Wildman–Crippen MR) is 76.7 cm³/mol. The molecule has 116 valence electrons. The zero-order chi connectivity index (χ0) is 15.7. The summed E-state index contributed by atoms with van der Waals surface area (Å²) < 4.78 is 35.9. The molecule has 0 heterocycles. The molecule has 1 aliphatic carbocycles. The molecular formula is C14H19FN2O3S. The molecule has 0 saturated heterocycles. The number of rotatable bonds is 5. The molecule has 21 heavy (non-hydrogen) atoms. The van der Waals surface area contributed by atoms with E-state index < -0.39 is 26.6 Å². The van der Waals surface area contributed by atoms with Crippen molar-refractivity contribution in [3.63, 3.8) is 0 Å². The molecule has 0 bridgehead atoms. The minimum atomic E-state index is -4.19. The van der Waals surface area contributed by atoms with E-state index in [1.54, 1.807) is 0 Å². The van der Waals surface area contributed by atoms with E-state index in [9.17, 15) is 17.6 Å². The van der Waals surface area contributed by atoms with Gasteiger partial charge in [-0.1, -0.05) is 13.3 Å². The number of amides is 1. The SMILES string of the molecule is CCC1(CNC(=O)c2ccc(F)c(S(N)(=O)=O)c2)CCC1. The molecule has 1 aliphatic rings. The Morgan fingerprint density at radius 3 is 2.57 bits per heavy atom. The maximum Gasteiger partial charge on any atom is 0.251 e. The van der Waals surface area contributed by atoms with Crippen LogP contribution in [0.5, 0.6) is 0 Å². The number of nitrogens with two attached hydrogens (primary N) is 1. The molecule has 1 aromatic rings. The van der Waals surface area contributed by atoms with Crippen molar-refractivity contribution >= 4 is 15.9 Å². The van der Waals surface area contributed by atoms with Crippen LogP contribution in [0.1, 0.15) is 43.0 Å². The zero-order valence-electron chi connectivity index (χ0n) is 11.9. The van der Waals surface area contributed by atoms with Gasteiger partial charge in [0.25, 0.3) is 5.91 Å². The van der Waals surface area contributed by atoms with Gasteiger partial charge in [0, 0.05) is 12.1 Å². The zero-order valence-corrected chi connectivity index (χ0v) is 12.7. The maximum atomic E-state index is 13.4. The number of sulfonamides is 1. The summed E-state index contributed by atoms with van der Waals surface area (Å²) in [4.78, 5) is 11.4. The molecule has 5 nitrogen and oxygen atoms in total. The van der Waals surface area contributed by atoms with Crippen LogP contribution in [0.3, 0.4) is 0 Å². The van der Waals surface area contributed by atoms with Crippen LogP contribution in [0, 0.1) is 11.2 Å². The van der Waals surface area contributed by atoms with E-state index in [4.69, 9.17) is 5.14 Å². The number of halogens is 1. The Bertz CT molecular complexity index is 649. The fourth-order valence-corrected chi connectivity index (χ4v) is 3.20. The Hall–Kier alpha value is -1.47. The molecule has 1 fully saturated rings. The second-order valence-corrected chi connectivity index (χ2v) is 7.11. The highest BCUT2D eigenvalue weighted by atomic mass is 32.2. The molecule has 1 saturated carbocycles. The lowest BCUT2D eigenvalue weighted by molar-refractivity contribution is 0.0850. The average Bonchev–Trinajstić information content (AvgIpc) is 2.37. The predicted octanol–water partition coefficient (Wildman–Crippen LogP) is 1.78. The van der Waals surface area contributed by atoms with E-state index in [1.807, 2.05) is 0 Å². The van der Waals surface area contributed by atoms with Crippen molar-refractivity contribution in [3.8, 4) is 0 Å². The van der Waals surface area contributed by atoms with Gasteiger partial charge in [-0.05, 0) is 42.9 Å². The molecule has 0 radical (unpaired) electrons. The van der Waals surface area contributed by atoms with E-state index in [-0.39, 0.29) is 11.0 Å². The summed E-state index contributed by atoms with van der Waals surface area (Å²) in [6.07, 6.45) is 4.31. The molecule has 0 aliphatic heterocycles. The fraction of sp³-hybridized carbons (Fsp3) is 0.500. The highest BCUT2D eigenvalue weighted by molar-refractivity contribution is 7.89. The Morgan fingerprint density at radius 1 is 1.43 bits per heavy atom. The number of nitrogens with one attached hydrogen (secondary N) is 1. The number of carbonyl (C=O) groups is 1. The first-order valence-electron chi connectivity index (χ1n) is 6.88. The summed E-state index contributed by atoms with van der Waals surface area (Å²) in [6.45, 7) is 2.63. The van der Waals surface area contributed by atoms with Gasteiger partial charge < -0.3 is 5.32 Å². The lowest BCUT2D eigenvalue weighted by Crippen LogP contribution is -2.41. The lowest BCUT2D eigenvalue weighted by Gasteiger charge is -2.41. The second-order valence-electron chi connectivity index (χ2n) is 5.58. The molecule has 7 heteroatoms. The second kappa shape index (κ2) is 5.73. The van der Waals surface area contributed by atoms with Crippen LogP contribution < -0.4 is 10.5 Å². The highest BCUT2D eigenvalue weighted by Crippen LogP contribution is 2.43. The average molecular weight is 314 g/mol. The lowest BCUT2D eigenvalue weighted by atomic mass is 9.67. The molecule has 2 rings (SSSR count). The molecule has 3 N–H and O–H groups in total. The number of primary sulfonamides is 1. The molecule has 0 atom stereocenters. The van der Waals surface area contributed by atoms with Crippen LogP contribution in [0.4, 0.5) is 4.39 Å². The largest absolute Gasteiger partial charge is 0.351 e. The van der Waals surface area contributed by atoms with Gasteiger partial charge >= 0.3 is 0 Å². The molecule has 1 aromatic carbocycles. The van der Waals surface area contributed by atoms with E-state index in [1.165, 1.54) is 6.07 Å². The van der Waals surface area contributed by atoms with Crippen molar-refractivity contribution in [1.29, 1.82) is 0 Å². The van der Waals surface area contributed by atoms with E-state index in [0.29, 0.717) is 6.54 Å². The van der Waals surface area contributed by atoms with Crippen molar-refractivity contribution in [2.75, 3.05) is 6.54 Å². The monoisotopic (exact) mass is 314 g/mol. The van der Waals surface area contributed by atoms with E-state index >= 15 is 0 Å². The summed E-state index contributed by atoms with van der Waals surface area (Å²) in [5.41, 5.74) is 0.240. The molecular weight excluding hydrogens is 295 g/mol. The van der Waals surface area contributed by atoms with Crippen LogP contribution in [-0.2, 0) is 10.0 Å². The molecule has 1 amide bonds. The van der Waals surface area contributed by atoms with E-state index in [0.717, 1.165) is 37.8 Å². The smallest absolute Gasteiger partial charge is 0.251 e. The first kappa shape index (κ1) is 15.9. The Morgan fingerprint density at radius 2 is 2.10 bits per heavy atom. The Labute approximate surface area is 123 Å². The van der Waals surface area contributed by atoms with Crippen LogP contribution in [0.25, 0.3) is 0 Å². The van der Waals surface area contributed by atoms with Crippen molar-refractivity contribution in [2.24, 2.45) is 10.6 Å². The van der Waals surface area contributed by atoms with Gasteiger partial charge in [-0.2, -0.15) is 0 Å². The summed E-state index contributed by atoms with van der Waals surface area (Å²) in [6, 6.07) is 3.16. The molecule has 0 unspecified atom stereocenters. The minimum Gasteiger partial charge on any atom is -0.351 e. The van der Waals surface area contributed by atoms with Crippen LogP contribution in [-0.4, -0.2) is 20.9 Å². The van der Waals surface area contributed by atoms with Crippen LogP contribution in [0.2, 0.25) is 0 Å². The van der Waals surface area contributed by atoms with Crippen molar-refractivity contribution in [1.82, 2.24) is 5.32 Å². The maximum absolute atomic E-state index is 13.4. The highest BCUT2D eigenvalue weighted by Gasteiger charge is 2.35. The quantitative estimate of drug-likeness (QED) is 0.868. The van der Waals surface area contributed by atoms with Gasteiger partial charge in [0.05, 0.1) is 0 Å². The van der Waals surface area contributed by atoms with Crippen LogP contribution in [0.15, 0.2) is 23.1 Å². The third kappa shape index (κ3) is 3.41. The summed E-state index contributed by atoms with van der Waals surface area (Å²) in [7, 11) is -4.19. The molecule has 0 aromatic heterocycles. The third-order valence-electron chi connectivity index (χ3n) is 4.29. The normalized spacial score (nSPS) is 17.1. The first-order chi connectivity index (χ1) is 9.77. The number of benzene rings is 1. The van der Waals surface area contributed by atoms with Crippen molar-refractivity contribution in [2.45, 2.75) is 37.5 Å². The van der Waals surface area contributed by atoms with Crippen molar-refractivity contribution in [3.05, 3.63) is 29.6 Å². The summed E-state index contributed by atoms with van der Waals surface area (Å²) >= 11 is 0. The topological polar surface area (TPSA) is 89.3 Å². The van der Waals surface area contributed by atoms with Gasteiger partial charge in [0.15, 0.2) is 0 Å². The Kier molecular flexibility index (Phi) is 4.34. The fourth-order valence-electron chi connectivity index (χ4n) is 2.56. The van der Waals surface area contributed by atoms with Gasteiger partial charge in [-0.15, -0.1) is 0 Å². The van der Waals surface area contributed by atoms with Crippen molar-refractivity contribution < 1.29 is 17.6 Å². The number of hydrogen-bond donors (Lipinski definition) is 2. The van der Waals surface area contributed by atoms with Crippen LogP contribution >= 0.6 is 0 Å². The van der Waals surface area contributed by atoms with E-state index in [2.05, 4.69) is 12.2 Å². The van der Waals surface area contributed by atoms with Gasteiger partial charge in [-0.25, -0.2) is 17.9 Å². The minimum absolute atomic E-state index is 0.0889.